The number of esters is 1. The summed E-state index contributed by atoms with van der Waals surface area (Å²) in [5, 5.41) is 11.3. The van der Waals surface area contributed by atoms with Gasteiger partial charge < -0.3 is 14.4 Å². The third-order valence-electron chi connectivity index (χ3n) is 5.06. The van der Waals surface area contributed by atoms with Crippen LogP contribution in [0.15, 0.2) is 78.9 Å². The molecule has 0 fully saturated rings. The van der Waals surface area contributed by atoms with Crippen LogP contribution in [0.25, 0.3) is 21.8 Å². The lowest BCUT2D eigenvalue weighted by molar-refractivity contribution is -0.149. The number of benzene rings is 3. The van der Waals surface area contributed by atoms with Crippen molar-refractivity contribution in [2.45, 2.75) is 25.5 Å². The first kappa shape index (κ1) is 18.7. The van der Waals surface area contributed by atoms with Gasteiger partial charge >= 0.3 is 11.9 Å². The van der Waals surface area contributed by atoms with Gasteiger partial charge in [-0.2, -0.15) is 0 Å². The Hall–Kier alpha value is -3.60. The number of aliphatic carboxylic acids is 1. The number of hydrogen-bond acceptors (Lipinski definition) is 3. The SMILES string of the molecule is O=C(O)CC[C@@H](C(=O)OCc1ccccc1)n1c2ccccc2c2ccccc21. The standard InChI is InChI=1S/C24H21NO4/c26-23(27)15-14-22(24(28)29-16-17-8-2-1-3-9-17)25-20-12-6-4-10-18(20)19-11-5-7-13-21(19)25/h1-13,22H,14-16H2,(H,26,27)/t22-/m0/s1. The smallest absolute Gasteiger partial charge is 0.329 e. The van der Waals surface area contributed by atoms with Gasteiger partial charge in [0, 0.05) is 28.2 Å². The van der Waals surface area contributed by atoms with Gasteiger partial charge in [-0.15, -0.1) is 0 Å². The fourth-order valence-electron chi connectivity index (χ4n) is 3.73. The van der Waals surface area contributed by atoms with Crippen LogP contribution in [0.4, 0.5) is 0 Å². The predicted octanol–water partition coefficient (Wildman–Crippen LogP) is 4.94. The Bertz CT molecular complexity index is 1110. The Morgan fingerprint density at radius 2 is 1.38 bits per heavy atom. The van der Waals surface area contributed by atoms with Crippen molar-refractivity contribution >= 4 is 33.7 Å². The lowest BCUT2D eigenvalue weighted by Gasteiger charge is -2.20. The summed E-state index contributed by atoms with van der Waals surface area (Å²) < 4.78 is 7.51. The molecule has 0 saturated carbocycles. The van der Waals surface area contributed by atoms with E-state index < -0.39 is 18.0 Å². The average Bonchev–Trinajstić information content (AvgIpc) is 3.08. The Labute approximate surface area is 168 Å². The number of carbonyl (C=O) groups excluding carboxylic acids is 1. The van der Waals surface area contributed by atoms with Crippen LogP contribution in [-0.4, -0.2) is 21.6 Å². The van der Waals surface area contributed by atoms with Gasteiger partial charge in [-0.1, -0.05) is 66.7 Å². The first-order valence-electron chi connectivity index (χ1n) is 9.55. The number of carboxylic acids is 1. The quantitative estimate of drug-likeness (QED) is 0.456. The van der Waals surface area contributed by atoms with Gasteiger partial charge in [0.15, 0.2) is 0 Å². The number of nitrogens with zero attached hydrogens (tertiary/aromatic N) is 1. The highest BCUT2D eigenvalue weighted by molar-refractivity contribution is 6.08. The molecule has 0 aliphatic rings. The number of fused-ring (bicyclic) bond motifs is 3. The number of ether oxygens (including phenoxy) is 1. The van der Waals surface area contributed by atoms with E-state index in [2.05, 4.69) is 0 Å². The number of carboxylic acid groups (broad SMARTS) is 1. The average molecular weight is 387 g/mol. The van der Waals surface area contributed by atoms with Crippen LogP contribution in [0.5, 0.6) is 0 Å². The van der Waals surface area contributed by atoms with Gasteiger partial charge in [0.05, 0.1) is 0 Å². The molecular weight excluding hydrogens is 366 g/mol. The number of para-hydroxylation sites is 2. The Balaban J connectivity index is 1.75. The number of rotatable bonds is 7. The molecule has 0 unspecified atom stereocenters. The fourth-order valence-corrected chi connectivity index (χ4v) is 3.73. The molecule has 0 aliphatic heterocycles. The minimum Gasteiger partial charge on any atom is -0.481 e. The van der Waals surface area contributed by atoms with E-state index in [1.807, 2.05) is 83.4 Å². The maximum atomic E-state index is 13.1. The highest BCUT2D eigenvalue weighted by Crippen LogP contribution is 2.33. The summed E-state index contributed by atoms with van der Waals surface area (Å²) in [6.07, 6.45) is 0.0392. The molecule has 1 aromatic heterocycles. The first-order valence-corrected chi connectivity index (χ1v) is 9.55. The van der Waals surface area contributed by atoms with Crippen molar-refractivity contribution in [2.75, 3.05) is 0 Å². The summed E-state index contributed by atoms with van der Waals surface area (Å²) in [6, 6.07) is 24.4. The second kappa shape index (κ2) is 8.19. The van der Waals surface area contributed by atoms with Crippen LogP contribution in [0, 0.1) is 0 Å². The summed E-state index contributed by atoms with van der Waals surface area (Å²) in [7, 11) is 0. The van der Waals surface area contributed by atoms with E-state index in [-0.39, 0.29) is 19.4 Å². The molecule has 3 aromatic carbocycles. The van der Waals surface area contributed by atoms with E-state index in [1.165, 1.54) is 0 Å². The highest BCUT2D eigenvalue weighted by atomic mass is 16.5. The summed E-state index contributed by atoms with van der Waals surface area (Å²) in [5.74, 6) is -1.37. The number of carbonyl (C=O) groups is 2. The van der Waals surface area contributed by atoms with Crippen molar-refractivity contribution in [3.63, 3.8) is 0 Å². The summed E-state index contributed by atoms with van der Waals surface area (Å²) in [4.78, 5) is 24.3. The summed E-state index contributed by atoms with van der Waals surface area (Å²) >= 11 is 0. The molecule has 29 heavy (non-hydrogen) atoms. The van der Waals surface area contributed by atoms with E-state index in [9.17, 15) is 14.7 Å². The Kier molecular flexibility index (Phi) is 5.29. The molecule has 0 radical (unpaired) electrons. The van der Waals surface area contributed by atoms with Crippen LogP contribution >= 0.6 is 0 Å². The lowest BCUT2D eigenvalue weighted by Crippen LogP contribution is -2.23. The molecule has 0 saturated heterocycles. The van der Waals surface area contributed by atoms with Crippen molar-refractivity contribution in [3.8, 4) is 0 Å². The minimum absolute atomic E-state index is 0.119. The zero-order chi connectivity index (χ0) is 20.2. The van der Waals surface area contributed by atoms with Crippen LogP contribution < -0.4 is 0 Å². The Morgan fingerprint density at radius 1 is 0.828 bits per heavy atom. The first-order chi connectivity index (χ1) is 14.1. The van der Waals surface area contributed by atoms with E-state index in [4.69, 9.17) is 4.74 Å². The molecule has 0 bridgehead atoms. The van der Waals surface area contributed by atoms with Gasteiger partial charge in [0.25, 0.3) is 0 Å². The van der Waals surface area contributed by atoms with Crippen LogP contribution in [0.1, 0.15) is 24.4 Å². The molecule has 146 valence electrons. The van der Waals surface area contributed by atoms with Crippen molar-refractivity contribution in [1.82, 2.24) is 4.57 Å². The van der Waals surface area contributed by atoms with Crippen molar-refractivity contribution in [2.24, 2.45) is 0 Å². The van der Waals surface area contributed by atoms with Gasteiger partial charge in [-0.05, 0) is 24.1 Å². The van der Waals surface area contributed by atoms with Gasteiger partial charge in [0.2, 0.25) is 0 Å². The predicted molar refractivity (Wildman–Crippen MR) is 112 cm³/mol. The van der Waals surface area contributed by atoms with Gasteiger partial charge in [0.1, 0.15) is 12.6 Å². The van der Waals surface area contributed by atoms with E-state index in [1.54, 1.807) is 0 Å². The number of aromatic nitrogens is 1. The molecule has 5 heteroatoms. The zero-order valence-corrected chi connectivity index (χ0v) is 15.8. The van der Waals surface area contributed by atoms with Crippen molar-refractivity contribution in [1.29, 1.82) is 0 Å². The van der Waals surface area contributed by atoms with Crippen LogP contribution in [0.3, 0.4) is 0 Å². The molecule has 1 heterocycles. The molecule has 4 aromatic rings. The van der Waals surface area contributed by atoms with Gasteiger partial charge in [-0.25, -0.2) is 4.79 Å². The molecular formula is C24H21NO4. The molecule has 1 atom stereocenters. The van der Waals surface area contributed by atoms with Crippen molar-refractivity contribution in [3.05, 3.63) is 84.4 Å². The second-order valence-electron chi connectivity index (χ2n) is 6.95. The molecule has 1 N–H and O–H groups in total. The largest absolute Gasteiger partial charge is 0.481 e. The molecule has 0 aliphatic carbocycles. The van der Waals surface area contributed by atoms with Crippen molar-refractivity contribution < 1.29 is 19.4 Å². The van der Waals surface area contributed by atoms with Gasteiger partial charge in [-0.3, -0.25) is 4.79 Å². The normalized spacial score (nSPS) is 12.1. The molecule has 0 amide bonds. The van der Waals surface area contributed by atoms with Crippen LogP contribution in [0.2, 0.25) is 0 Å². The summed E-state index contributed by atoms with van der Waals surface area (Å²) in [6.45, 7) is 0.153. The van der Waals surface area contributed by atoms with E-state index >= 15 is 0 Å². The number of hydrogen-bond donors (Lipinski definition) is 1. The molecule has 4 rings (SSSR count). The van der Waals surface area contributed by atoms with E-state index in [0.717, 1.165) is 27.4 Å². The second-order valence-corrected chi connectivity index (χ2v) is 6.95. The highest BCUT2D eigenvalue weighted by Gasteiger charge is 2.26. The lowest BCUT2D eigenvalue weighted by atomic mass is 10.1. The fraction of sp³-hybridized carbons (Fsp3) is 0.167. The third kappa shape index (κ3) is 3.85. The topological polar surface area (TPSA) is 68.5 Å². The third-order valence-corrected chi connectivity index (χ3v) is 5.06. The van der Waals surface area contributed by atoms with Crippen LogP contribution in [-0.2, 0) is 20.9 Å². The monoisotopic (exact) mass is 387 g/mol. The maximum absolute atomic E-state index is 13.1. The summed E-state index contributed by atoms with van der Waals surface area (Å²) in [5.41, 5.74) is 2.67. The Morgan fingerprint density at radius 3 is 1.97 bits per heavy atom. The molecule has 5 nitrogen and oxygen atoms in total. The minimum atomic E-state index is -0.938. The zero-order valence-electron chi connectivity index (χ0n) is 15.8. The maximum Gasteiger partial charge on any atom is 0.329 e. The molecule has 0 spiro atoms. The van der Waals surface area contributed by atoms with E-state index in [0.29, 0.717) is 0 Å².